The number of ether oxygens (including phenoxy) is 4. The number of fused-ring (bicyclic) bond motifs is 3. The summed E-state index contributed by atoms with van der Waals surface area (Å²) in [6, 6.07) is 20.8. The number of carboxylic acids is 2. The van der Waals surface area contributed by atoms with Crippen LogP contribution in [0.4, 0.5) is 8.78 Å². The highest BCUT2D eigenvalue weighted by Crippen LogP contribution is 2.48. The molecule has 5 aliphatic rings. The number of esters is 3. The van der Waals surface area contributed by atoms with E-state index in [1.807, 2.05) is 78.8 Å². The number of Topliss-reactive ketones (excluding diaryl/α,β-unsaturated/α-hetero) is 1. The van der Waals surface area contributed by atoms with E-state index in [4.69, 9.17) is 34.1 Å². The number of nitrogens with zero attached hydrogens (tertiary/aromatic N) is 2. The van der Waals surface area contributed by atoms with Crippen LogP contribution < -0.4 is 0 Å². The highest BCUT2D eigenvalue weighted by atomic mass is 19.1. The molecule has 3 heterocycles. The molecule has 1 saturated heterocycles. The van der Waals surface area contributed by atoms with Gasteiger partial charge in [0, 0.05) is 89.7 Å². The lowest BCUT2D eigenvalue weighted by Gasteiger charge is -2.44. The minimum absolute atomic E-state index is 0.0258. The fourth-order valence-corrected chi connectivity index (χ4v) is 17.3. The molecule has 0 spiro atoms. The van der Waals surface area contributed by atoms with Gasteiger partial charge in [0.15, 0.2) is 0 Å². The van der Waals surface area contributed by atoms with E-state index < -0.39 is 66.5 Å². The molecule has 0 unspecified atom stereocenters. The molecule has 9 N–H and O–H groups in total. The lowest BCUT2D eigenvalue weighted by Crippen LogP contribution is -2.43. The molecule has 0 amide bonds. The van der Waals surface area contributed by atoms with Gasteiger partial charge in [-0.25, -0.2) is 8.78 Å². The van der Waals surface area contributed by atoms with Gasteiger partial charge >= 0.3 is 29.8 Å². The number of hydrogen-bond acceptors (Lipinski definition) is 18. The molecule has 4 aliphatic carbocycles. The zero-order valence-corrected chi connectivity index (χ0v) is 74.3. The summed E-state index contributed by atoms with van der Waals surface area (Å²) in [5.41, 5.74) is 10.9. The summed E-state index contributed by atoms with van der Waals surface area (Å²) in [6.07, 6.45) is 20.0. The van der Waals surface area contributed by atoms with Crippen molar-refractivity contribution in [3.63, 3.8) is 0 Å². The number of ketones is 1. The molecule has 0 radical (unpaired) electrons. The number of benzene rings is 3. The number of cyclic esters (lactones) is 1. The second kappa shape index (κ2) is 47.4. The van der Waals surface area contributed by atoms with Crippen LogP contribution in [0.3, 0.4) is 0 Å². The Hall–Kier alpha value is -8.65. The van der Waals surface area contributed by atoms with Crippen LogP contribution in [0.2, 0.25) is 0 Å². The van der Waals surface area contributed by atoms with Gasteiger partial charge in [0.1, 0.15) is 35.7 Å². The van der Waals surface area contributed by atoms with E-state index in [0.717, 1.165) is 113 Å². The summed E-state index contributed by atoms with van der Waals surface area (Å²) in [7, 11) is 1.61. The van der Waals surface area contributed by atoms with Crippen LogP contribution >= 0.6 is 0 Å². The van der Waals surface area contributed by atoms with Gasteiger partial charge < -0.3 is 69.5 Å². The number of aliphatic carboxylic acids is 2. The summed E-state index contributed by atoms with van der Waals surface area (Å²) in [5, 5.41) is 89.2. The maximum Gasteiger partial charge on any atom is 0.311 e. The Bertz CT molecular complexity index is 4460. The maximum atomic E-state index is 13.7. The summed E-state index contributed by atoms with van der Waals surface area (Å²) >= 11 is 0. The van der Waals surface area contributed by atoms with E-state index in [-0.39, 0.29) is 140 Å². The van der Waals surface area contributed by atoms with Crippen molar-refractivity contribution >= 4 is 58.7 Å². The molecule has 23 heteroatoms. The van der Waals surface area contributed by atoms with Crippen molar-refractivity contribution in [1.29, 1.82) is 0 Å². The van der Waals surface area contributed by atoms with Gasteiger partial charge in [-0.3, -0.25) is 33.8 Å². The Kier molecular flexibility index (Phi) is 39.1. The molecular formula is C99H136F2N2O19. The highest BCUT2D eigenvalue weighted by Gasteiger charge is 2.45. The third-order valence-corrected chi connectivity index (χ3v) is 24.2. The van der Waals surface area contributed by atoms with Crippen LogP contribution in [0.1, 0.15) is 259 Å². The van der Waals surface area contributed by atoms with E-state index >= 15 is 0 Å². The molecule has 2 aromatic heterocycles. The number of carboxylic acid groups (broad SMARTS) is 2. The van der Waals surface area contributed by atoms with Crippen LogP contribution in [0.25, 0.3) is 45.3 Å². The third kappa shape index (κ3) is 29.0. The van der Waals surface area contributed by atoms with Crippen LogP contribution in [0.5, 0.6) is 0 Å². The number of allylic oxidation sites excluding steroid dienone is 6. The molecule has 21 nitrogen and oxygen atoms in total. The van der Waals surface area contributed by atoms with E-state index in [9.17, 15) is 73.3 Å². The standard InChI is InChI=1S/C26H34FNO5.C25H28FNO3.C25H38O5.C23H36O6/c1-15(2)25-21(11-10-19(29)12-20(30)13-23(31)32)24(17-6-8-18(27)9-7-17)22(14-33-5)26(28-25)16(3)4;1-16(2)27-23-7-5-4-6-22(23)25(18-8-10-19(26)11-9-18)24(27)13-12-20(29)15-21(30)14-17(3)28;1-6-25(4,5)24(28)30-21-12-15(2)11-17-8-7-16(3)20(23(17)21)10-9-19-13-18(26)14-22(27)29-19;1-4-14(2)23(28)29-20-7-5-6-16-9-8-15(3)19(22(16)20)11-10-17(24)12-18(25)13-21(26)27/h6-11,15-16,19-20,29-30H,12-14H2,1-5H3,(H,31,32);4-13,16,20-21,29-30H,14-15H2,1-3H3;7-8,11,15-16,18-21,23,26H,6,9-10,12-14H2,1-5H3;6,8-9,14-15,17-20,22,24-25H,4-5,7,10-13H2,1-3H3,(H,26,27)/b11-10+;13-12+;;/t19-,20-;20-,21+;15-,16-,18+,19+,20-,21-,23-;14-,15-,17+,18+,19-,20-,22-/m1100/s1. The van der Waals surface area contributed by atoms with Gasteiger partial charge in [-0.2, -0.15) is 0 Å². The van der Waals surface area contributed by atoms with Crippen LogP contribution in [0.15, 0.2) is 133 Å². The van der Waals surface area contributed by atoms with Crippen LogP contribution in [-0.4, -0.2) is 159 Å². The van der Waals surface area contributed by atoms with E-state index in [1.54, 1.807) is 43.5 Å². The number of halogens is 2. The molecule has 10 rings (SSSR count). The number of aromatic nitrogens is 2. The van der Waals surface area contributed by atoms with Crippen molar-refractivity contribution in [3.05, 3.63) is 172 Å². The van der Waals surface area contributed by atoms with E-state index in [1.165, 1.54) is 48.4 Å². The smallest absolute Gasteiger partial charge is 0.311 e. The second-order valence-electron chi connectivity index (χ2n) is 35.7. The largest absolute Gasteiger partial charge is 0.481 e. The molecule has 0 bridgehead atoms. The van der Waals surface area contributed by atoms with E-state index in [2.05, 4.69) is 89.5 Å². The molecule has 3 aromatic carbocycles. The number of hydrogen-bond donors (Lipinski definition) is 9. The monoisotopic (exact) mass is 1690 g/mol. The fourth-order valence-electron chi connectivity index (χ4n) is 17.3. The first-order chi connectivity index (χ1) is 57.6. The quantitative estimate of drug-likeness (QED) is 0.0134. The molecular weight excluding hydrogens is 1560 g/mol. The maximum absolute atomic E-state index is 13.7. The van der Waals surface area contributed by atoms with Crippen molar-refractivity contribution in [3.8, 4) is 22.3 Å². The number of pyridine rings is 1. The highest BCUT2D eigenvalue weighted by molar-refractivity contribution is 6.01. The molecule has 5 aromatic rings. The molecule has 670 valence electrons. The topological polar surface area (TPSA) is 339 Å². The molecule has 1 fully saturated rings. The average Bonchev–Trinajstić information content (AvgIpc) is 1.54. The normalized spacial score (nSPS) is 23.1. The number of methoxy groups -OCH3 is 1. The molecule has 1 aliphatic heterocycles. The van der Waals surface area contributed by atoms with Crippen LogP contribution in [0, 0.1) is 64.4 Å². The first-order valence-corrected chi connectivity index (χ1v) is 43.8. The minimum Gasteiger partial charge on any atom is -0.481 e. The Labute approximate surface area is 720 Å². The zero-order valence-electron chi connectivity index (χ0n) is 74.3. The number of carbonyl (C=O) groups is 6. The Balaban J connectivity index is 0.000000224. The SMILES string of the molecule is CC(=O)C[C@H](O)C[C@H](O)/C=C/c1c(-c2ccc(F)cc2)c2ccccc2n1C(C)C.CCC(C)(C)C(=O)O[C@H]1C[C@@H](C)C=C2C=C[C@H](C)[C@H](CC[C@@H]3C[C@@H](O)CC(=O)O3)[C@H]21.CC[C@H](C)C(=O)O[C@H]1CCC=C2C=C[C@H](C)[C@H](CC[C@@H](O)C[C@@H](O)CC(=O)O)[C@H]21.COCc1c(C(C)C)nc(C(C)C)c(/C=C/[C@@H](O)C[C@@H](O)CC(=O)O)c1-c1ccc(F)cc1. The molecule has 122 heavy (non-hydrogen) atoms. The van der Waals surface area contributed by atoms with Gasteiger partial charge in [0.2, 0.25) is 0 Å². The predicted octanol–water partition coefficient (Wildman–Crippen LogP) is 18.1. The molecule has 0 saturated carbocycles. The number of rotatable bonds is 35. The fraction of sp³-hybridized carbons (Fsp3) is 0.566. The van der Waals surface area contributed by atoms with Gasteiger partial charge in [-0.1, -0.05) is 166 Å². The summed E-state index contributed by atoms with van der Waals surface area (Å²) in [4.78, 5) is 74.6. The van der Waals surface area contributed by atoms with Crippen molar-refractivity contribution in [2.24, 2.45) is 52.8 Å². The van der Waals surface area contributed by atoms with Crippen molar-refractivity contribution in [2.45, 2.75) is 299 Å². The number of aliphatic hydroxyl groups excluding tert-OH is 7. The van der Waals surface area contributed by atoms with Crippen molar-refractivity contribution in [2.75, 3.05) is 7.11 Å². The van der Waals surface area contributed by atoms with Crippen LogP contribution in [-0.2, 0) is 54.3 Å². The Morgan fingerprint density at radius 2 is 1.21 bits per heavy atom. The lowest BCUT2D eigenvalue weighted by molar-refractivity contribution is -0.166. The number of aliphatic hydroxyl groups is 7. The summed E-state index contributed by atoms with van der Waals surface area (Å²) in [5.74, 6) is -1.60. The third-order valence-electron chi connectivity index (χ3n) is 24.2. The summed E-state index contributed by atoms with van der Waals surface area (Å²) < 4.78 is 52.4. The average molecular weight is 1700 g/mol. The van der Waals surface area contributed by atoms with Gasteiger partial charge in [0.05, 0.1) is 85.6 Å². The Morgan fingerprint density at radius 1 is 0.664 bits per heavy atom. The predicted molar refractivity (Wildman–Crippen MR) is 471 cm³/mol. The van der Waals surface area contributed by atoms with Gasteiger partial charge in [-0.15, -0.1) is 0 Å². The van der Waals surface area contributed by atoms with Crippen molar-refractivity contribution < 1.29 is 102 Å². The molecule has 18 atom stereocenters. The number of carbonyl (C=O) groups excluding carboxylic acids is 4. The first-order valence-electron chi connectivity index (χ1n) is 43.8. The van der Waals surface area contributed by atoms with E-state index in [0.29, 0.717) is 37.2 Å². The number of para-hydroxylation sites is 1. The second-order valence-corrected chi connectivity index (χ2v) is 35.7. The van der Waals surface area contributed by atoms with Crippen molar-refractivity contribution in [1.82, 2.24) is 9.55 Å². The van der Waals surface area contributed by atoms with Gasteiger partial charge in [0.25, 0.3) is 0 Å². The summed E-state index contributed by atoms with van der Waals surface area (Å²) in [6.45, 7) is 30.4. The lowest BCUT2D eigenvalue weighted by atomic mass is 9.65. The Morgan fingerprint density at radius 3 is 1.76 bits per heavy atom. The zero-order chi connectivity index (χ0) is 90.1. The van der Waals surface area contributed by atoms with Gasteiger partial charge in [-0.05, 0) is 204 Å². The minimum atomic E-state index is -1.16. The first kappa shape index (κ1) is 100.